The second kappa shape index (κ2) is 7.01. The maximum absolute atomic E-state index is 13.1. The van der Waals surface area contributed by atoms with Crippen LogP contribution in [0.3, 0.4) is 0 Å². The summed E-state index contributed by atoms with van der Waals surface area (Å²) in [5.74, 6) is 0.194. The highest BCUT2D eigenvalue weighted by molar-refractivity contribution is 5.99. The largest absolute Gasteiger partial charge is 0.417 e. The van der Waals surface area contributed by atoms with Crippen LogP contribution < -0.4 is 5.32 Å². The number of hydrogen-bond acceptors (Lipinski definition) is 4. The standard InChI is InChI=1S/C21H25F3N4O2/c1-19(2)12-16(14-6-4-3-5-7-14)26-17-15(13-25-28(17)19)18(29)27-10-8-20(30,9-11-27)21(22,23)24/h3-7,13,16,26,30H,8-12H2,1-2H3. The number of carbonyl (C=O) groups excluding carboxylic acids is 1. The quantitative estimate of drug-likeness (QED) is 0.774. The Kier molecular flexibility index (Phi) is 4.84. The average Bonchev–Trinajstić information content (AvgIpc) is 3.12. The van der Waals surface area contributed by atoms with Gasteiger partial charge >= 0.3 is 6.18 Å². The van der Waals surface area contributed by atoms with Crippen molar-refractivity contribution >= 4 is 11.7 Å². The van der Waals surface area contributed by atoms with Crippen LogP contribution in [0.1, 0.15) is 55.1 Å². The molecule has 1 saturated heterocycles. The van der Waals surface area contributed by atoms with E-state index in [1.54, 1.807) is 4.68 Å². The maximum atomic E-state index is 13.1. The van der Waals surface area contributed by atoms with Crippen molar-refractivity contribution in [1.29, 1.82) is 0 Å². The Bertz CT molecular complexity index is 931. The van der Waals surface area contributed by atoms with Gasteiger partial charge in [-0.3, -0.25) is 4.79 Å². The van der Waals surface area contributed by atoms with Gasteiger partial charge in [0.15, 0.2) is 5.60 Å². The number of aliphatic hydroxyl groups is 1. The molecule has 0 aliphatic carbocycles. The highest BCUT2D eigenvalue weighted by Crippen LogP contribution is 2.41. The summed E-state index contributed by atoms with van der Waals surface area (Å²) in [6.07, 6.45) is -3.52. The average molecular weight is 422 g/mol. The first-order chi connectivity index (χ1) is 14.0. The molecular weight excluding hydrogens is 397 g/mol. The molecule has 0 spiro atoms. The number of amides is 1. The number of alkyl halides is 3. The monoisotopic (exact) mass is 422 g/mol. The molecule has 1 aromatic heterocycles. The fraction of sp³-hybridized carbons (Fsp3) is 0.524. The van der Waals surface area contributed by atoms with Crippen molar-refractivity contribution in [1.82, 2.24) is 14.7 Å². The van der Waals surface area contributed by atoms with Crippen LogP contribution in [0, 0.1) is 0 Å². The lowest BCUT2D eigenvalue weighted by atomic mass is 9.88. The summed E-state index contributed by atoms with van der Waals surface area (Å²) in [5, 5.41) is 17.7. The van der Waals surface area contributed by atoms with E-state index in [4.69, 9.17) is 0 Å². The minimum atomic E-state index is -4.70. The molecular formula is C21H25F3N4O2. The molecule has 3 heterocycles. The van der Waals surface area contributed by atoms with Gasteiger partial charge in [0, 0.05) is 25.9 Å². The number of likely N-dealkylation sites (tertiary alicyclic amines) is 1. The lowest BCUT2D eigenvalue weighted by Gasteiger charge is -2.40. The second-order valence-electron chi connectivity index (χ2n) is 8.76. The molecule has 162 valence electrons. The molecule has 0 saturated carbocycles. The van der Waals surface area contributed by atoms with Crippen LogP contribution in [0.5, 0.6) is 0 Å². The molecule has 30 heavy (non-hydrogen) atoms. The number of anilines is 1. The topological polar surface area (TPSA) is 70.4 Å². The van der Waals surface area contributed by atoms with Crippen LogP contribution in [0.2, 0.25) is 0 Å². The normalized spacial score (nSPS) is 22.9. The van der Waals surface area contributed by atoms with Crippen LogP contribution in [0.15, 0.2) is 36.5 Å². The van der Waals surface area contributed by atoms with Crippen molar-refractivity contribution in [2.24, 2.45) is 0 Å². The van der Waals surface area contributed by atoms with Gasteiger partial charge in [0.25, 0.3) is 5.91 Å². The van der Waals surface area contributed by atoms with E-state index in [-0.39, 0.29) is 30.6 Å². The second-order valence-corrected chi connectivity index (χ2v) is 8.76. The zero-order valence-electron chi connectivity index (χ0n) is 16.9. The van der Waals surface area contributed by atoms with Crippen molar-refractivity contribution in [3.05, 3.63) is 47.7 Å². The zero-order chi connectivity index (χ0) is 21.7. The summed E-state index contributed by atoms with van der Waals surface area (Å²) in [7, 11) is 0. The Hall–Kier alpha value is -2.55. The fourth-order valence-corrected chi connectivity index (χ4v) is 4.32. The number of hydrogen-bond donors (Lipinski definition) is 2. The van der Waals surface area contributed by atoms with Crippen LogP contribution in [-0.2, 0) is 5.54 Å². The molecule has 1 atom stereocenters. The van der Waals surface area contributed by atoms with Crippen LogP contribution in [-0.4, -0.2) is 50.6 Å². The van der Waals surface area contributed by atoms with Crippen molar-refractivity contribution in [2.75, 3.05) is 18.4 Å². The summed E-state index contributed by atoms with van der Waals surface area (Å²) in [5.41, 5.74) is -1.66. The van der Waals surface area contributed by atoms with Gasteiger partial charge < -0.3 is 15.3 Å². The number of halogens is 3. The Morgan fingerprint density at radius 1 is 1.20 bits per heavy atom. The molecule has 9 heteroatoms. The van der Waals surface area contributed by atoms with Crippen molar-refractivity contribution in [3.8, 4) is 0 Å². The smallest absolute Gasteiger partial charge is 0.380 e. The van der Waals surface area contributed by atoms with E-state index in [1.165, 1.54) is 11.1 Å². The highest BCUT2D eigenvalue weighted by atomic mass is 19.4. The van der Waals surface area contributed by atoms with Gasteiger partial charge in [-0.15, -0.1) is 0 Å². The number of nitrogens with zero attached hydrogens (tertiary/aromatic N) is 3. The minimum Gasteiger partial charge on any atom is -0.380 e. The molecule has 2 aliphatic rings. The molecule has 1 aromatic carbocycles. The van der Waals surface area contributed by atoms with E-state index in [1.807, 2.05) is 44.2 Å². The molecule has 1 unspecified atom stereocenters. The van der Waals surface area contributed by atoms with Gasteiger partial charge in [-0.05, 0) is 25.8 Å². The molecule has 1 fully saturated rings. The molecule has 2 aliphatic heterocycles. The lowest BCUT2D eigenvalue weighted by Crippen LogP contribution is -2.54. The van der Waals surface area contributed by atoms with Gasteiger partial charge in [0.2, 0.25) is 0 Å². The number of carbonyl (C=O) groups is 1. The molecule has 0 radical (unpaired) electrons. The number of benzene rings is 1. The predicted octanol–water partition coefficient (Wildman–Crippen LogP) is 3.70. The maximum Gasteiger partial charge on any atom is 0.417 e. The molecule has 2 N–H and O–H groups in total. The van der Waals surface area contributed by atoms with E-state index in [2.05, 4.69) is 10.4 Å². The highest BCUT2D eigenvalue weighted by Gasteiger charge is 2.55. The summed E-state index contributed by atoms with van der Waals surface area (Å²) in [4.78, 5) is 14.5. The van der Waals surface area contributed by atoms with E-state index in [0.29, 0.717) is 11.4 Å². The van der Waals surface area contributed by atoms with Crippen molar-refractivity contribution < 1.29 is 23.1 Å². The summed E-state index contributed by atoms with van der Waals surface area (Å²) in [6.45, 7) is 3.76. The fourth-order valence-electron chi connectivity index (χ4n) is 4.32. The third-order valence-corrected chi connectivity index (χ3v) is 6.20. The third kappa shape index (κ3) is 3.45. The van der Waals surface area contributed by atoms with E-state index in [9.17, 15) is 23.1 Å². The third-order valence-electron chi connectivity index (χ3n) is 6.20. The van der Waals surface area contributed by atoms with E-state index in [0.717, 1.165) is 12.0 Å². The molecule has 4 rings (SSSR count). The molecule has 1 amide bonds. The van der Waals surface area contributed by atoms with Crippen LogP contribution in [0.25, 0.3) is 0 Å². The molecule has 0 bridgehead atoms. The Labute approximate surface area is 172 Å². The van der Waals surface area contributed by atoms with E-state index >= 15 is 0 Å². The number of fused-ring (bicyclic) bond motifs is 1. The predicted molar refractivity (Wildman–Crippen MR) is 105 cm³/mol. The summed E-state index contributed by atoms with van der Waals surface area (Å²) in [6, 6.07) is 9.87. The Balaban J connectivity index is 1.58. The SMILES string of the molecule is CC1(C)CC(c2ccccc2)Nc2c(C(=O)N3CCC(O)(C(F)(F)F)CC3)cnn21. The van der Waals surface area contributed by atoms with Crippen LogP contribution in [0.4, 0.5) is 19.0 Å². The summed E-state index contributed by atoms with van der Waals surface area (Å²) >= 11 is 0. The number of nitrogens with one attached hydrogen (secondary N) is 1. The summed E-state index contributed by atoms with van der Waals surface area (Å²) < 4.78 is 41.0. The lowest BCUT2D eigenvalue weighted by molar-refractivity contribution is -0.271. The van der Waals surface area contributed by atoms with Crippen LogP contribution >= 0.6 is 0 Å². The first-order valence-corrected chi connectivity index (χ1v) is 10.0. The first-order valence-electron chi connectivity index (χ1n) is 10.0. The van der Waals surface area contributed by atoms with Gasteiger partial charge in [-0.1, -0.05) is 30.3 Å². The zero-order valence-corrected chi connectivity index (χ0v) is 16.9. The van der Waals surface area contributed by atoms with Gasteiger partial charge in [0.05, 0.1) is 17.8 Å². The van der Waals surface area contributed by atoms with Gasteiger partial charge in [-0.2, -0.15) is 18.3 Å². The molecule has 2 aromatic rings. The van der Waals surface area contributed by atoms with E-state index < -0.39 is 24.6 Å². The van der Waals surface area contributed by atoms with Gasteiger partial charge in [-0.25, -0.2) is 4.68 Å². The minimum absolute atomic E-state index is 0.0198. The number of aromatic nitrogens is 2. The van der Waals surface area contributed by atoms with Crippen molar-refractivity contribution in [3.63, 3.8) is 0 Å². The van der Waals surface area contributed by atoms with Gasteiger partial charge in [0.1, 0.15) is 11.4 Å². The number of piperidine rings is 1. The Morgan fingerprint density at radius 2 is 1.83 bits per heavy atom. The van der Waals surface area contributed by atoms with Crippen molar-refractivity contribution in [2.45, 2.75) is 56.5 Å². The Morgan fingerprint density at radius 3 is 2.43 bits per heavy atom. The molecule has 6 nitrogen and oxygen atoms in total. The first kappa shape index (κ1) is 20.7. The number of rotatable bonds is 2.